The Labute approximate surface area is 246 Å². The van der Waals surface area contributed by atoms with Gasteiger partial charge in [-0.05, 0) is 94.5 Å². The number of rotatable bonds is 2. The first-order valence-electron chi connectivity index (χ1n) is 16.4. The van der Waals surface area contributed by atoms with Crippen molar-refractivity contribution in [1.82, 2.24) is 0 Å². The summed E-state index contributed by atoms with van der Waals surface area (Å²) in [7, 11) is 0. The normalized spacial score (nSPS) is 31.7. The Hall–Kier alpha value is -3.00. The molecule has 4 aromatic rings. The minimum Gasteiger partial charge on any atom is -0.350 e. The summed E-state index contributed by atoms with van der Waals surface area (Å²) >= 11 is 0. The molecule has 0 amide bonds. The number of hydrogen-bond donors (Lipinski definition) is 0. The Balaban J connectivity index is 1.33. The molecule has 212 valence electrons. The standard InChI is InChI=1S/C39H46N2/c1-20-17-32-34(22(20)3)28-13-9-11-15-30(28)38-36(32)24(5)26(7)40(38)19-41-27(8)25(6)37-33-18-21(2)23(4)35(33)29-14-10-12-16-31(29)39(37)41/h9-16,20-27H,17-19H2,1-8H3/t20-,21-,22-,23-,24-,25-,26+,27+/m1/s1. The smallest absolute Gasteiger partial charge is 0.0909 e. The highest BCUT2D eigenvalue weighted by atomic mass is 15.4. The van der Waals surface area contributed by atoms with E-state index in [9.17, 15) is 0 Å². The molecule has 4 aromatic carbocycles. The van der Waals surface area contributed by atoms with Gasteiger partial charge in [-0.25, -0.2) is 0 Å². The molecule has 8 rings (SSSR count). The molecule has 2 nitrogen and oxygen atoms in total. The van der Waals surface area contributed by atoms with E-state index in [1.54, 1.807) is 33.4 Å². The van der Waals surface area contributed by atoms with Gasteiger partial charge in [0.2, 0.25) is 0 Å². The van der Waals surface area contributed by atoms with Gasteiger partial charge in [0.15, 0.2) is 0 Å². The van der Waals surface area contributed by atoms with E-state index in [1.165, 1.54) is 45.8 Å². The first kappa shape index (κ1) is 25.7. The summed E-state index contributed by atoms with van der Waals surface area (Å²) in [4.78, 5) is 5.61. The summed E-state index contributed by atoms with van der Waals surface area (Å²) in [5.41, 5.74) is 13.0. The Morgan fingerprint density at radius 2 is 0.854 bits per heavy atom. The van der Waals surface area contributed by atoms with Crippen LogP contribution in [0.25, 0.3) is 21.5 Å². The predicted octanol–water partition coefficient (Wildman–Crippen LogP) is 9.87. The van der Waals surface area contributed by atoms with Gasteiger partial charge in [-0.2, -0.15) is 0 Å². The fourth-order valence-corrected chi connectivity index (χ4v) is 9.68. The number of hydrogen-bond acceptors (Lipinski definition) is 2. The largest absolute Gasteiger partial charge is 0.350 e. The van der Waals surface area contributed by atoms with E-state index < -0.39 is 0 Å². The summed E-state index contributed by atoms with van der Waals surface area (Å²) in [6, 6.07) is 19.6. The maximum Gasteiger partial charge on any atom is 0.0909 e. The second-order valence-corrected chi connectivity index (χ2v) is 14.5. The second-order valence-electron chi connectivity index (χ2n) is 14.5. The van der Waals surface area contributed by atoms with E-state index in [2.05, 4.69) is 114 Å². The average molecular weight is 543 g/mol. The summed E-state index contributed by atoms with van der Waals surface area (Å²) in [6.45, 7) is 20.8. The molecule has 0 radical (unpaired) electrons. The number of benzene rings is 4. The van der Waals surface area contributed by atoms with Crippen LogP contribution in [0, 0.1) is 11.8 Å². The lowest BCUT2D eigenvalue weighted by Gasteiger charge is -2.36. The molecule has 2 aliphatic heterocycles. The van der Waals surface area contributed by atoms with Gasteiger partial charge in [0.05, 0.1) is 18.0 Å². The van der Waals surface area contributed by atoms with Crippen LogP contribution in [0.5, 0.6) is 0 Å². The van der Waals surface area contributed by atoms with Crippen LogP contribution in [0.4, 0.5) is 11.4 Å². The van der Waals surface area contributed by atoms with Crippen molar-refractivity contribution < 1.29 is 0 Å². The molecule has 8 atom stereocenters. The average Bonchev–Trinajstić information content (AvgIpc) is 3.61. The highest BCUT2D eigenvalue weighted by molar-refractivity contribution is 6.03. The molecule has 0 bridgehead atoms. The summed E-state index contributed by atoms with van der Waals surface area (Å²) in [6.07, 6.45) is 2.45. The zero-order valence-corrected chi connectivity index (χ0v) is 26.3. The monoisotopic (exact) mass is 542 g/mol. The van der Waals surface area contributed by atoms with Crippen LogP contribution < -0.4 is 9.80 Å². The fraction of sp³-hybridized carbons (Fsp3) is 0.487. The summed E-state index contributed by atoms with van der Waals surface area (Å²) < 4.78 is 0. The van der Waals surface area contributed by atoms with Crippen LogP contribution in [-0.4, -0.2) is 18.8 Å². The van der Waals surface area contributed by atoms with Gasteiger partial charge in [0.1, 0.15) is 0 Å². The molecule has 2 heterocycles. The van der Waals surface area contributed by atoms with Crippen molar-refractivity contribution in [2.45, 2.75) is 104 Å². The van der Waals surface area contributed by atoms with Crippen molar-refractivity contribution >= 4 is 32.9 Å². The Morgan fingerprint density at radius 1 is 0.488 bits per heavy atom. The highest BCUT2D eigenvalue weighted by Gasteiger charge is 2.45. The number of anilines is 2. The van der Waals surface area contributed by atoms with Gasteiger partial charge in [0, 0.05) is 34.7 Å². The molecule has 2 aliphatic carbocycles. The van der Waals surface area contributed by atoms with Gasteiger partial charge >= 0.3 is 0 Å². The van der Waals surface area contributed by atoms with E-state index in [1.807, 2.05) is 0 Å². The van der Waals surface area contributed by atoms with Crippen LogP contribution in [0.1, 0.15) is 112 Å². The molecule has 0 unspecified atom stereocenters. The summed E-state index contributed by atoms with van der Waals surface area (Å²) in [5.74, 6) is 3.74. The number of fused-ring (bicyclic) bond motifs is 12. The van der Waals surface area contributed by atoms with Crippen LogP contribution >= 0.6 is 0 Å². The third-order valence-electron chi connectivity index (χ3n) is 12.6. The second kappa shape index (κ2) is 8.76. The minimum absolute atomic E-state index is 0.471. The minimum atomic E-state index is 0.471. The molecule has 0 spiro atoms. The first-order valence-corrected chi connectivity index (χ1v) is 16.4. The zero-order valence-electron chi connectivity index (χ0n) is 26.3. The van der Waals surface area contributed by atoms with Crippen molar-refractivity contribution in [2.75, 3.05) is 16.5 Å². The molecule has 0 N–H and O–H groups in total. The van der Waals surface area contributed by atoms with E-state index >= 15 is 0 Å². The Morgan fingerprint density at radius 3 is 1.24 bits per heavy atom. The lowest BCUT2D eigenvalue weighted by Crippen LogP contribution is -2.44. The molecule has 4 aliphatic rings. The predicted molar refractivity (Wildman–Crippen MR) is 176 cm³/mol. The van der Waals surface area contributed by atoms with E-state index in [0.29, 0.717) is 47.6 Å². The Kier molecular flexibility index (Phi) is 5.49. The highest BCUT2D eigenvalue weighted by Crippen LogP contribution is 2.57. The van der Waals surface area contributed by atoms with Crippen molar-refractivity contribution in [3.05, 3.63) is 81.9 Å². The van der Waals surface area contributed by atoms with Gasteiger partial charge in [0.25, 0.3) is 0 Å². The van der Waals surface area contributed by atoms with Crippen molar-refractivity contribution in [2.24, 2.45) is 11.8 Å². The Bertz CT molecular complexity index is 1600. The molecule has 0 fully saturated rings. The van der Waals surface area contributed by atoms with Gasteiger partial charge in [-0.15, -0.1) is 0 Å². The van der Waals surface area contributed by atoms with E-state index in [0.717, 1.165) is 6.67 Å². The van der Waals surface area contributed by atoms with Crippen LogP contribution in [-0.2, 0) is 12.8 Å². The molecular weight excluding hydrogens is 496 g/mol. The third kappa shape index (κ3) is 3.20. The molecule has 41 heavy (non-hydrogen) atoms. The molecule has 0 saturated carbocycles. The van der Waals surface area contributed by atoms with Crippen LogP contribution in [0.15, 0.2) is 48.5 Å². The van der Waals surface area contributed by atoms with Crippen LogP contribution in [0.2, 0.25) is 0 Å². The maximum atomic E-state index is 2.81. The molecule has 0 saturated heterocycles. The quantitative estimate of drug-likeness (QED) is 0.249. The van der Waals surface area contributed by atoms with Gasteiger partial charge < -0.3 is 9.80 Å². The van der Waals surface area contributed by atoms with E-state index in [-0.39, 0.29) is 0 Å². The van der Waals surface area contributed by atoms with Crippen molar-refractivity contribution in [3.63, 3.8) is 0 Å². The SMILES string of the molecule is C[C@@H]1Cc2c3c(c4ccccc4c2[C@@H]1C)N(CN1c2c(c4c(c5ccccc25)[C@H](C)[C@H](C)C4)[C@H](C)[C@@H]1C)[C@@H](C)[C@H]3C. The number of nitrogens with zero attached hydrogens (tertiary/aromatic N) is 2. The van der Waals surface area contributed by atoms with Crippen molar-refractivity contribution in [3.8, 4) is 0 Å². The summed E-state index contributed by atoms with van der Waals surface area (Å²) in [5, 5.41) is 5.94. The lowest BCUT2D eigenvalue weighted by atomic mass is 9.86. The fourth-order valence-electron chi connectivity index (χ4n) is 9.68. The maximum absolute atomic E-state index is 2.81. The lowest BCUT2D eigenvalue weighted by molar-refractivity contribution is 0.527. The molecular formula is C39H46N2. The topological polar surface area (TPSA) is 6.48 Å². The zero-order chi connectivity index (χ0) is 28.5. The molecule has 0 aromatic heterocycles. The van der Waals surface area contributed by atoms with E-state index in [4.69, 9.17) is 0 Å². The third-order valence-corrected chi connectivity index (χ3v) is 12.6. The first-order chi connectivity index (χ1) is 19.7. The van der Waals surface area contributed by atoms with Crippen molar-refractivity contribution in [1.29, 1.82) is 0 Å². The molecule has 2 heteroatoms. The van der Waals surface area contributed by atoms with Gasteiger partial charge in [-0.1, -0.05) is 90.1 Å². The van der Waals surface area contributed by atoms with Gasteiger partial charge in [-0.3, -0.25) is 0 Å². The van der Waals surface area contributed by atoms with Crippen LogP contribution in [0.3, 0.4) is 0 Å².